The van der Waals surface area contributed by atoms with Crippen molar-refractivity contribution >= 4 is 11.6 Å². The Balaban J connectivity index is 1.82. The number of ether oxygens (including phenoxy) is 2. The predicted octanol–water partition coefficient (Wildman–Crippen LogP) is 3.47. The van der Waals surface area contributed by atoms with E-state index in [1.165, 1.54) is 11.1 Å². The molecule has 0 aliphatic carbocycles. The molecule has 1 aromatic rings. The summed E-state index contributed by atoms with van der Waals surface area (Å²) in [5.74, 6) is 1.02. The Hall–Kier alpha value is -0.730. The Morgan fingerprint density at radius 1 is 1.24 bits per heavy atom. The first-order chi connectivity index (χ1) is 8.34. The summed E-state index contributed by atoms with van der Waals surface area (Å²) in [7, 11) is 0. The van der Waals surface area contributed by atoms with Crippen LogP contribution in [0.5, 0.6) is 5.75 Å². The van der Waals surface area contributed by atoms with E-state index in [0.29, 0.717) is 0 Å². The quantitative estimate of drug-likeness (QED) is 0.751. The molecule has 17 heavy (non-hydrogen) atoms. The van der Waals surface area contributed by atoms with Crippen LogP contribution in [0.4, 0.5) is 0 Å². The summed E-state index contributed by atoms with van der Waals surface area (Å²) >= 11 is 6.49. The number of alkyl halides is 1. The van der Waals surface area contributed by atoms with Gasteiger partial charge in [-0.3, -0.25) is 0 Å². The third-order valence-corrected chi connectivity index (χ3v) is 4.08. The highest BCUT2D eigenvalue weighted by Crippen LogP contribution is 2.35. The SMILES string of the molecule is ClC(c1ccc2c(c1)CCCO2)C1CCCO1. The van der Waals surface area contributed by atoms with Crippen LogP contribution in [0.25, 0.3) is 0 Å². The van der Waals surface area contributed by atoms with Crippen LogP contribution in [0.3, 0.4) is 0 Å². The van der Waals surface area contributed by atoms with Gasteiger partial charge in [0.1, 0.15) is 5.75 Å². The number of halogens is 1. The van der Waals surface area contributed by atoms with Gasteiger partial charge in [-0.05, 0) is 42.9 Å². The fraction of sp³-hybridized carbons (Fsp3) is 0.571. The molecule has 3 heteroatoms. The van der Waals surface area contributed by atoms with Crippen LogP contribution in [-0.4, -0.2) is 19.3 Å². The topological polar surface area (TPSA) is 18.5 Å². The van der Waals surface area contributed by atoms with Crippen LogP contribution in [0, 0.1) is 0 Å². The van der Waals surface area contributed by atoms with E-state index in [1.54, 1.807) is 0 Å². The van der Waals surface area contributed by atoms with Crippen LogP contribution < -0.4 is 4.74 Å². The van der Waals surface area contributed by atoms with Gasteiger partial charge in [0, 0.05) is 6.61 Å². The highest BCUT2D eigenvalue weighted by atomic mass is 35.5. The summed E-state index contributed by atoms with van der Waals surface area (Å²) in [5.41, 5.74) is 2.46. The molecule has 2 nitrogen and oxygen atoms in total. The van der Waals surface area contributed by atoms with Crippen molar-refractivity contribution in [2.24, 2.45) is 0 Å². The van der Waals surface area contributed by atoms with Crippen LogP contribution >= 0.6 is 11.6 Å². The molecule has 0 N–H and O–H groups in total. The van der Waals surface area contributed by atoms with Gasteiger partial charge >= 0.3 is 0 Å². The van der Waals surface area contributed by atoms with Crippen molar-refractivity contribution in [2.45, 2.75) is 37.2 Å². The summed E-state index contributed by atoms with van der Waals surface area (Å²) in [6.07, 6.45) is 4.57. The molecule has 0 bridgehead atoms. The van der Waals surface area contributed by atoms with E-state index >= 15 is 0 Å². The second-order valence-electron chi connectivity index (χ2n) is 4.77. The summed E-state index contributed by atoms with van der Waals surface area (Å²) in [4.78, 5) is 0. The number of hydrogen-bond acceptors (Lipinski definition) is 2. The zero-order valence-electron chi connectivity index (χ0n) is 9.82. The maximum atomic E-state index is 6.49. The largest absolute Gasteiger partial charge is 0.493 e. The van der Waals surface area contributed by atoms with E-state index in [0.717, 1.165) is 44.6 Å². The molecule has 2 aliphatic rings. The van der Waals surface area contributed by atoms with E-state index in [2.05, 4.69) is 12.1 Å². The first-order valence-corrected chi connectivity index (χ1v) is 6.79. The molecule has 3 rings (SSSR count). The number of benzene rings is 1. The lowest BCUT2D eigenvalue weighted by atomic mass is 9.99. The molecular formula is C14H17ClO2. The number of rotatable bonds is 2. The van der Waals surface area contributed by atoms with Gasteiger partial charge in [0.05, 0.1) is 18.1 Å². The minimum atomic E-state index is -0.0234. The van der Waals surface area contributed by atoms with Crippen molar-refractivity contribution in [2.75, 3.05) is 13.2 Å². The van der Waals surface area contributed by atoms with Gasteiger partial charge in [0.2, 0.25) is 0 Å². The molecule has 1 saturated heterocycles. The van der Waals surface area contributed by atoms with Crippen LogP contribution in [0.2, 0.25) is 0 Å². The Labute approximate surface area is 107 Å². The molecule has 1 fully saturated rings. The minimum absolute atomic E-state index is 0.0234. The molecule has 2 heterocycles. The highest BCUT2D eigenvalue weighted by Gasteiger charge is 2.26. The monoisotopic (exact) mass is 252 g/mol. The standard InChI is InChI=1S/C14H17ClO2/c15-14(13-4-2-8-17-13)11-5-6-12-10(9-11)3-1-7-16-12/h5-6,9,13-14H,1-4,7-8H2. The third-order valence-electron chi connectivity index (χ3n) is 3.54. The normalized spacial score (nSPS) is 25.1. The lowest BCUT2D eigenvalue weighted by Crippen LogP contribution is -2.14. The van der Waals surface area contributed by atoms with Crippen molar-refractivity contribution in [1.29, 1.82) is 0 Å². The Morgan fingerprint density at radius 2 is 2.18 bits per heavy atom. The van der Waals surface area contributed by atoms with Gasteiger partial charge in [-0.25, -0.2) is 0 Å². The zero-order valence-corrected chi connectivity index (χ0v) is 10.6. The molecule has 0 radical (unpaired) electrons. The zero-order chi connectivity index (χ0) is 11.7. The molecule has 2 atom stereocenters. The summed E-state index contributed by atoms with van der Waals surface area (Å²) in [6.45, 7) is 1.68. The Bertz CT molecular complexity index is 399. The summed E-state index contributed by atoms with van der Waals surface area (Å²) in [6, 6.07) is 6.31. The van der Waals surface area contributed by atoms with Crippen molar-refractivity contribution in [3.05, 3.63) is 29.3 Å². The molecule has 0 spiro atoms. The third kappa shape index (κ3) is 2.29. The maximum absolute atomic E-state index is 6.49. The Kier molecular flexibility index (Phi) is 3.26. The van der Waals surface area contributed by atoms with Crippen molar-refractivity contribution in [3.63, 3.8) is 0 Å². The predicted molar refractivity (Wildman–Crippen MR) is 67.8 cm³/mol. The first-order valence-electron chi connectivity index (χ1n) is 6.36. The fourth-order valence-corrected chi connectivity index (χ4v) is 2.93. The lowest BCUT2D eigenvalue weighted by Gasteiger charge is -2.21. The van der Waals surface area contributed by atoms with Crippen molar-refractivity contribution < 1.29 is 9.47 Å². The molecule has 92 valence electrons. The van der Waals surface area contributed by atoms with Crippen LogP contribution in [-0.2, 0) is 11.2 Å². The van der Waals surface area contributed by atoms with Gasteiger partial charge in [-0.2, -0.15) is 0 Å². The average Bonchev–Trinajstić information content (AvgIpc) is 2.91. The molecule has 2 aliphatic heterocycles. The number of hydrogen-bond donors (Lipinski definition) is 0. The van der Waals surface area contributed by atoms with Crippen molar-refractivity contribution in [3.8, 4) is 5.75 Å². The molecular weight excluding hydrogens is 236 g/mol. The smallest absolute Gasteiger partial charge is 0.122 e. The summed E-state index contributed by atoms with van der Waals surface area (Å²) in [5, 5.41) is -0.0234. The molecule has 1 aromatic carbocycles. The van der Waals surface area contributed by atoms with Crippen LogP contribution in [0.1, 0.15) is 35.8 Å². The van der Waals surface area contributed by atoms with Gasteiger partial charge in [0.25, 0.3) is 0 Å². The maximum Gasteiger partial charge on any atom is 0.122 e. The lowest BCUT2D eigenvalue weighted by molar-refractivity contribution is 0.107. The van der Waals surface area contributed by atoms with Gasteiger partial charge in [0.15, 0.2) is 0 Å². The molecule has 0 aromatic heterocycles. The van der Waals surface area contributed by atoms with E-state index in [1.807, 2.05) is 6.07 Å². The van der Waals surface area contributed by atoms with E-state index < -0.39 is 0 Å². The van der Waals surface area contributed by atoms with Gasteiger partial charge in [-0.1, -0.05) is 12.1 Å². The average molecular weight is 253 g/mol. The van der Waals surface area contributed by atoms with E-state index in [-0.39, 0.29) is 11.5 Å². The molecule has 0 saturated carbocycles. The molecule has 2 unspecified atom stereocenters. The van der Waals surface area contributed by atoms with E-state index in [4.69, 9.17) is 21.1 Å². The van der Waals surface area contributed by atoms with Crippen LogP contribution in [0.15, 0.2) is 18.2 Å². The second-order valence-corrected chi connectivity index (χ2v) is 5.24. The minimum Gasteiger partial charge on any atom is -0.493 e. The fourth-order valence-electron chi connectivity index (χ4n) is 2.60. The number of fused-ring (bicyclic) bond motifs is 1. The Morgan fingerprint density at radius 3 is 3.00 bits per heavy atom. The van der Waals surface area contributed by atoms with E-state index in [9.17, 15) is 0 Å². The summed E-state index contributed by atoms with van der Waals surface area (Å²) < 4.78 is 11.3. The highest BCUT2D eigenvalue weighted by molar-refractivity contribution is 6.21. The second kappa shape index (κ2) is 4.87. The van der Waals surface area contributed by atoms with Crippen molar-refractivity contribution in [1.82, 2.24) is 0 Å². The van der Waals surface area contributed by atoms with Gasteiger partial charge < -0.3 is 9.47 Å². The number of aryl methyl sites for hydroxylation is 1. The molecule has 0 amide bonds. The van der Waals surface area contributed by atoms with Gasteiger partial charge in [-0.15, -0.1) is 11.6 Å². The first kappa shape index (κ1) is 11.4.